The van der Waals surface area contributed by atoms with Crippen molar-refractivity contribution in [2.75, 3.05) is 0 Å². The fraction of sp³-hybridized carbons (Fsp3) is 0.0638. The van der Waals surface area contributed by atoms with Crippen molar-refractivity contribution in [2.24, 2.45) is 0 Å². The lowest BCUT2D eigenvalue weighted by Crippen LogP contribution is -2.14. The van der Waals surface area contributed by atoms with Crippen LogP contribution in [0.3, 0.4) is 0 Å². The van der Waals surface area contributed by atoms with Crippen LogP contribution >= 0.6 is 0 Å². The van der Waals surface area contributed by atoms with Crippen LogP contribution in [-0.2, 0) is 5.41 Å². The van der Waals surface area contributed by atoms with E-state index in [1.165, 1.54) is 77.2 Å². The first-order chi connectivity index (χ1) is 23.6. The topological polar surface area (TPSA) is 13.1 Å². The first-order valence-corrected chi connectivity index (χ1v) is 16.8. The van der Waals surface area contributed by atoms with Crippen molar-refractivity contribution in [1.82, 2.24) is 0 Å². The van der Waals surface area contributed by atoms with E-state index in [9.17, 15) is 0 Å². The summed E-state index contributed by atoms with van der Waals surface area (Å²) in [5.41, 5.74) is 14.6. The number of rotatable bonds is 3. The first kappa shape index (κ1) is 27.2. The Hall–Kier alpha value is -5.92. The Bertz CT molecular complexity index is 2690. The first-order valence-electron chi connectivity index (χ1n) is 16.8. The predicted molar refractivity (Wildman–Crippen MR) is 203 cm³/mol. The highest BCUT2D eigenvalue weighted by molar-refractivity contribution is 6.25. The van der Waals surface area contributed by atoms with E-state index in [1.54, 1.807) is 0 Å². The summed E-state index contributed by atoms with van der Waals surface area (Å²) in [7, 11) is 0. The van der Waals surface area contributed by atoms with Crippen LogP contribution < -0.4 is 0 Å². The van der Waals surface area contributed by atoms with Gasteiger partial charge in [0.2, 0.25) is 0 Å². The van der Waals surface area contributed by atoms with Gasteiger partial charge in [0.05, 0.1) is 0 Å². The monoisotopic (exact) mass is 612 g/mol. The third-order valence-corrected chi connectivity index (χ3v) is 10.7. The maximum absolute atomic E-state index is 6.68. The zero-order valence-electron chi connectivity index (χ0n) is 26.9. The second-order valence-corrected chi connectivity index (χ2v) is 13.6. The van der Waals surface area contributed by atoms with Gasteiger partial charge in [-0.15, -0.1) is 0 Å². The molecule has 0 spiro atoms. The lowest BCUT2D eigenvalue weighted by Gasteiger charge is -2.22. The molecule has 10 rings (SSSR count). The van der Waals surface area contributed by atoms with E-state index >= 15 is 0 Å². The standard InChI is InChI=1S/C47H32O/c1-47(2)40-21-11-10-15-32(40)33-25-23-30(27-41(33)47)31-24-26-38-43(28-31)48-42-22-12-20-39(46(38)42)45-36-18-8-6-16-34(36)44(29-13-4-3-5-14-29)35-17-7-9-19-37(35)45/h3-28H,1-2H3. The van der Waals surface area contributed by atoms with Crippen LogP contribution in [0.1, 0.15) is 25.0 Å². The quantitative estimate of drug-likeness (QED) is 0.181. The second-order valence-electron chi connectivity index (χ2n) is 13.6. The molecule has 8 aromatic carbocycles. The minimum absolute atomic E-state index is 0.0398. The Morgan fingerprint density at radius 1 is 0.375 bits per heavy atom. The molecule has 0 bridgehead atoms. The molecular formula is C47H32O. The van der Waals surface area contributed by atoms with Gasteiger partial charge in [-0.1, -0.05) is 147 Å². The molecule has 1 nitrogen and oxygen atoms in total. The number of fused-ring (bicyclic) bond motifs is 8. The van der Waals surface area contributed by atoms with E-state index in [4.69, 9.17) is 4.42 Å². The van der Waals surface area contributed by atoms with Crippen LogP contribution in [0.25, 0.3) is 88.0 Å². The van der Waals surface area contributed by atoms with Crippen molar-refractivity contribution in [3.05, 3.63) is 169 Å². The number of hydrogen-bond donors (Lipinski definition) is 0. The van der Waals surface area contributed by atoms with E-state index in [1.807, 2.05) is 0 Å². The van der Waals surface area contributed by atoms with Crippen molar-refractivity contribution in [1.29, 1.82) is 0 Å². The van der Waals surface area contributed by atoms with E-state index < -0.39 is 0 Å². The molecule has 9 aromatic rings. The Morgan fingerprint density at radius 3 is 1.71 bits per heavy atom. The summed E-state index contributed by atoms with van der Waals surface area (Å²) in [6, 6.07) is 57.5. The average molecular weight is 613 g/mol. The number of benzene rings is 8. The molecule has 0 N–H and O–H groups in total. The van der Waals surface area contributed by atoms with Gasteiger partial charge in [-0.2, -0.15) is 0 Å². The van der Waals surface area contributed by atoms with Crippen LogP contribution in [0.2, 0.25) is 0 Å². The molecule has 1 heteroatoms. The highest BCUT2D eigenvalue weighted by Crippen LogP contribution is 2.50. The van der Waals surface area contributed by atoms with E-state index in [2.05, 4.69) is 172 Å². The Kier molecular flexibility index (Phi) is 5.69. The van der Waals surface area contributed by atoms with Gasteiger partial charge < -0.3 is 4.42 Å². The normalized spacial score (nSPS) is 13.4. The summed E-state index contributed by atoms with van der Waals surface area (Å²) in [5, 5.41) is 7.30. The number of furan rings is 1. The van der Waals surface area contributed by atoms with E-state index in [0.29, 0.717) is 0 Å². The zero-order valence-corrected chi connectivity index (χ0v) is 26.9. The average Bonchev–Trinajstić information content (AvgIpc) is 3.62. The van der Waals surface area contributed by atoms with E-state index in [-0.39, 0.29) is 5.41 Å². The summed E-state index contributed by atoms with van der Waals surface area (Å²) in [6.45, 7) is 4.68. The molecule has 0 aliphatic heterocycles. The minimum atomic E-state index is -0.0398. The van der Waals surface area contributed by atoms with Crippen LogP contribution in [-0.4, -0.2) is 0 Å². The molecule has 0 amide bonds. The van der Waals surface area contributed by atoms with Gasteiger partial charge in [-0.05, 0) is 101 Å². The van der Waals surface area contributed by atoms with Gasteiger partial charge >= 0.3 is 0 Å². The molecule has 48 heavy (non-hydrogen) atoms. The lowest BCUT2D eigenvalue weighted by molar-refractivity contribution is 0.660. The molecule has 0 saturated carbocycles. The van der Waals surface area contributed by atoms with Crippen LogP contribution in [0.4, 0.5) is 0 Å². The summed E-state index contributed by atoms with van der Waals surface area (Å²) >= 11 is 0. The number of hydrogen-bond acceptors (Lipinski definition) is 1. The van der Waals surface area contributed by atoms with Crippen molar-refractivity contribution < 1.29 is 4.42 Å². The minimum Gasteiger partial charge on any atom is -0.456 e. The van der Waals surface area contributed by atoms with Gasteiger partial charge in [0.15, 0.2) is 0 Å². The van der Waals surface area contributed by atoms with Crippen molar-refractivity contribution in [2.45, 2.75) is 19.3 Å². The molecule has 1 aliphatic carbocycles. The van der Waals surface area contributed by atoms with Crippen molar-refractivity contribution in [3.63, 3.8) is 0 Å². The second kappa shape index (κ2) is 10.0. The smallest absolute Gasteiger partial charge is 0.136 e. The maximum Gasteiger partial charge on any atom is 0.136 e. The molecule has 1 aliphatic rings. The molecule has 1 heterocycles. The lowest BCUT2D eigenvalue weighted by atomic mass is 9.81. The third-order valence-electron chi connectivity index (χ3n) is 10.7. The van der Waals surface area contributed by atoms with Crippen LogP contribution in [0, 0.1) is 0 Å². The highest BCUT2D eigenvalue weighted by Gasteiger charge is 2.35. The van der Waals surface area contributed by atoms with Gasteiger partial charge in [0, 0.05) is 16.2 Å². The summed E-state index contributed by atoms with van der Waals surface area (Å²) in [6.07, 6.45) is 0. The molecule has 1 aromatic heterocycles. The molecule has 0 unspecified atom stereocenters. The molecule has 0 atom stereocenters. The SMILES string of the molecule is CC1(C)c2ccccc2-c2ccc(-c3ccc4c(c3)oc3cccc(-c5c6ccccc6c(-c6ccccc6)c6ccccc56)c34)cc21. The van der Waals surface area contributed by atoms with Gasteiger partial charge in [-0.25, -0.2) is 0 Å². The predicted octanol–water partition coefficient (Wildman–Crippen LogP) is 13.2. The molecule has 0 saturated heterocycles. The van der Waals surface area contributed by atoms with Gasteiger partial charge in [-0.3, -0.25) is 0 Å². The molecular weight excluding hydrogens is 581 g/mol. The molecule has 226 valence electrons. The van der Waals surface area contributed by atoms with Crippen molar-refractivity contribution >= 4 is 43.5 Å². The van der Waals surface area contributed by atoms with Crippen LogP contribution in [0.15, 0.2) is 162 Å². The fourth-order valence-corrected chi connectivity index (χ4v) is 8.43. The fourth-order valence-electron chi connectivity index (χ4n) is 8.43. The zero-order chi connectivity index (χ0) is 32.0. The van der Waals surface area contributed by atoms with Gasteiger partial charge in [0.25, 0.3) is 0 Å². The molecule has 0 fully saturated rings. The van der Waals surface area contributed by atoms with Gasteiger partial charge in [0.1, 0.15) is 11.2 Å². The Balaban J connectivity index is 1.19. The van der Waals surface area contributed by atoms with Crippen LogP contribution in [0.5, 0.6) is 0 Å². The summed E-state index contributed by atoms with van der Waals surface area (Å²) in [4.78, 5) is 0. The highest BCUT2D eigenvalue weighted by atomic mass is 16.3. The van der Waals surface area contributed by atoms with Crippen molar-refractivity contribution in [3.8, 4) is 44.5 Å². The summed E-state index contributed by atoms with van der Waals surface area (Å²) < 4.78 is 6.68. The van der Waals surface area contributed by atoms with E-state index in [0.717, 1.165) is 21.9 Å². The molecule has 0 radical (unpaired) electrons. The summed E-state index contributed by atoms with van der Waals surface area (Å²) in [5.74, 6) is 0. The third kappa shape index (κ3) is 3.79. The largest absolute Gasteiger partial charge is 0.456 e. The Morgan fingerprint density at radius 2 is 0.958 bits per heavy atom. The Labute approximate surface area is 279 Å². The maximum atomic E-state index is 6.68.